The van der Waals surface area contributed by atoms with Crippen LogP contribution in [0.1, 0.15) is 27.7 Å². The van der Waals surface area contributed by atoms with E-state index in [4.69, 9.17) is 4.74 Å². The Kier molecular flexibility index (Phi) is 5.51. The summed E-state index contributed by atoms with van der Waals surface area (Å²) in [6.07, 6.45) is -2.49. The van der Waals surface area contributed by atoms with Crippen molar-refractivity contribution in [1.82, 2.24) is 20.5 Å². The topological polar surface area (TPSA) is 83.1 Å². The highest BCUT2D eigenvalue weighted by Gasteiger charge is 2.31. The maximum absolute atomic E-state index is 13.0. The summed E-state index contributed by atoms with van der Waals surface area (Å²) in [5, 5.41) is 9.60. The number of aromatic nitrogens is 3. The molecule has 0 saturated carbocycles. The lowest BCUT2D eigenvalue weighted by molar-refractivity contribution is -0.137. The molecule has 1 aliphatic heterocycles. The molecule has 1 aliphatic rings. The second-order valence-electron chi connectivity index (χ2n) is 6.67. The molecule has 3 heterocycles. The molecule has 1 aromatic carbocycles. The molecular formula is C20H18F3N5O2. The first-order valence-corrected chi connectivity index (χ1v) is 9.23. The zero-order valence-electron chi connectivity index (χ0n) is 15.7. The highest BCUT2D eigenvalue weighted by molar-refractivity contribution is 6.09. The van der Waals surface area contributed by atoms with Gasteiger partial charge >= 0.3 is 6.18 Å². The first-order chi connectivity index (χ1) is 14.4. The Morgan fingerprint density at radius 3 is 2.50 bits per heavy atom. The van der Waals surface area contributed by atoms with Gasteiger partial charge in [-0.1, -0.05) is 12.1 Å². The molecule has 2 aromatic heterocycles. The molecule has 0 aliphatic carbocycles. The Bertz CT molecular complexity index is 983. The van der Waals surface area contributed by atoms with Gasteiger partial charge in [0.05, 0.1) is 24.0 Å². The largest absolute Gasteiger partial charge is 0.417 e. The van der Waals surface area contributed by atoms with E-state index in [0.29, 0.717) is 25.0 Å². The van der Waals surface area contributed by atoms with Gasteiger partial charge in [-0.25, -0.2) is 4.98 Å². The summed E-state index contributed by atoms with van der Waals surface area (Å²) in [6, 6.07) is 10.6. The molecule has 1 amide bonds. The van der Waals surface area contributed by atoms with Gasteiger partial charge in [0.2, 0.25) is 0 Å². The maximum atomic E-state index is 13.0. The van der Waals surface area contributed by atoms with Crippen molar-refractivity contribution in [1.29, 1.82) is 0 Å². The van der Waals surface area contributed by atoms with E-state index in [-0.39, 0.29) is 17.6 Å². The van der Waals surface area contributed by atoms with Crippen molar-refractivity contribution < 1.29 is 22.7 Å². The van der Waals surface area contributed by atoms with Gasteiger partial charge < -0.3 is 10.1 Å². The molecule has 2 N–H and O–H groups in total. The molecule has 7 nitrogen and oxygen atoms in total. The number of rotatable bonds is 4. The smallest absolute Gasteiger partial charge is 0.371 e. The quantitative estimate of drug-likeness (QED) is 0.679. The average Bonchev–Trinajstić information content (AvgIpc) is 3.30. The van der Waals surface area contributed by atoms with E-state index < -0.39 is 17.6 Å². The molecule has 0 radical (unpaired) electrons. The fourth-order valence-corrected chi connectivity index (χ4v) is 3.15. The van der Waals surface area contributed by atoms with Crippen molar-refractivity contribution >= 4 is 17.4 Å². The molecular weight excluding hydrogens is 399 g/mol. The summed E-state index contributed by atoms with van der Waals surface area (Å²) in [5.74, 6) is -0.436. The van der Waals surface area contributed by atoms with Gasteiger partial charge in [-0.05, 0) is 35.9 Å². The molecule has 3 aromatic rings. The van der Waals surface area contributed by atoms with Crippen molar-refractivity contribution in [2.75, 3.05) is 24.6 Å². The lowest BCUT2D eigenvalue weighted by Gasteiger charge is -2.25. The van der Waals surface area contributed by atoms with Crippen molar-refractivity contribution in [3.63, 3.8) is 0 Å². The van der Waals surface area contributed by atoms with Gasteiger partial charge in [-0.3, -0.25) is 14.8 Å². The number of anilines is 2. The molecule has 1 fully saturated rings. The van der Waals surface area contributed by atoms with E-state index >= 15 is 0 Å². The first-order valence-electron chi connectivity index (χ1n) is 9.23. The van der Waals surface area contributed by atoms with Crippen molar-refractivity contribution in [3.05, 3.63) is 71.7 Å². The summed E-state index contributed by atoms with van der Waals surface area (Å²) in [7, 11) is 0. The number of hydrogen-bond acceptors (Lipinski definition) is 5. The first kappa shape index (κ1) is 20.0. The Labute approximate surface area is 169 Å². The van der Waals surface area contributed by atoms with Crippen molar-refractivity contribution in [3.8, 4) is 0 Å². The molecule has 30 heavy (non-hydrogen) atoms. The molecule has 156 valence electrons. The fraction of sp³-hybridized carbons (Fsp3) is 0.250. The number of morpholine rings is 1. The van der Waals surface area contributed by atoms with Crippen LogP contribution in [0.4, 0.5) is 24.7 Å². The van der Waals surface area contributed by atoms with Crippen LogP contribution in [-0.2, 0) is 10.9 Å². The Balaban J connectivity index is 1.68. The highest BCUT2D eigenvalue weighted by atomic mass is 19.4. The van der Waals surface area contributed by atoms with Crippen LogP contribution in [0.15, 0.2) is 54.9 Å². The van der Waals surface area contributed by atoms with Crippen LogP contribution in [0.2, 0.25) is 0 Å². The number of pyridine rings is 1. The average molecular weight is 417 g/mol. The van der Waals surface area contributed by atoms with E-state index in [9.17, 15) is 18.0 Å². The number of nitrogens with one attached hydrogen (secondary N) is 2. The summed E-state index contributed by atoms with van der Waals surface area (Å²) in [6.45, 7) is 2.07. The molecule has 0 unspecified atom stereocenters. The SMILES string of the molecule is O=C(c1ccn[nH]1)N(c1ccc([C@H]2CNCCO2)cc1)c1ccc(C(F)(F)F)cn1. The third kappa shape index (κ3) is 4.19. The summed E-state index contributed by atoms with van der Waals surface area (Å²) in [5.41, 5.74) is 0.674. The van der Waals surface area contributed by atoms with E-state index in [1.165, 1.54) is 23.2 Å². The van der Waals surface area contributed by atoms with Gasteiger partial charge in [-0.2, -0.15) is 18.3 Å². The number of benzene rings is 1. The van der Waals surface area contributed by atoms with Crippen molar-refractivity contribution in [2.45, 2.75) is 12.3 Å². The Morgan fingerprint density at radius 1 is 1.13 bits per heavy atom. The minimum absolute atomic E-state index is 0.0610. The Morgan fingerprint density at radius 2 is 1.93 bits per heavy atom. The minimum Gasteiger partial charge on any atom is -0.371 e. The van der Waals surface area contributed by atoms with Gasteiger partial charge in [-0.15, -0.1) is 0 Å². The number of nitrogens with zero attached hydrogens (tertiary/aromatic N) is 3. The van der Waals surface area contributed by atoms with Crippen LogP contribution in [0.25, 0.3) is 0 Å². The van der Waals surface area contributed by atoms with Crippen LogP contribution in [0.3, 0.4) is 0 Å². The number of H-pyrrole nitrogens is 1. The molecule has 1 atom stereocenters. The predicted molar refractivity (Wildman–Crippen MR) is 102 cm³/mol. The van der Waals surface area contributed by atoms with Crippen LogP contribution in [0, 0.1) is 0 Å². The standard InChI is InChI=1S/C20H18F3N5O2/c21-20(22,23)14-3-6-18(25-11-14)28(19(29)16-7-8-26-27-16)15-4-1-13(2-5-15)17-12-24-9-10-30-17/h1-8,11,17,24H,9-10,12H2,(H,26,27)/t17-/m1/s1. The van der Waals surface area contributed by atoms with E-state index in [1.807, 2.05) is 12.1 Å². The number of alkyl halides is 3. The normalized spacial score (nSPS) is 17.0. The van der Waals surface area contributed by atoms with Gasteiger partial charge in [0.15, 0.2) is 0 Å². The summed E-state index contributed by atoms with van der Waals surface area (Å²) < 4.78 is 44.4. The number of hydrogen-bond donors (Lipinski definition) is 2. The third-order valence-corrected chi connectivity index (χ3v) is 4.69. The van der Waals surface area contributed by atoms with Gasteiger partial charge in [0.25, 0.3) is 5.91 Å². The summed E-state index contributed by atoms with van der Waals surface area (Å²) >= 11 is 0. The predicted octanol–water partition coefficient (Wildman–Crippen LogP) is 3.46. The lowest BCUT2D eigenvalue weighted by atomic mass is 10.1. The monoisotopic (exact) mass is 417 g/mol. The zero-order chi connectivity index (χ0) is 21.1. The molecule has 4 rings (SSSR count). The van der Waals surface area contributed by atoms with Crippen LogP contribution in [-0.4, -0.2) is 40.8 Å². The third-order valence-electron chi connectivity index (χ3n) is 4.69. The number of ether oxygens (including phenoxy) is 1. The second kappa shape index (κ2) is 8.25. The maximum Gasteiger partial charge on any atom is 0.417 e. The van der Waals surface area contributed by atoms with Gasteiger partial charge in [0, 0.05) is 25.5 Å². The van der Waals surface area contributed by atoms with Gasteiger partial charge in [0.1, 0.15) is 11.5 Å². The number of carbonyl (C=O) groups is 1. The zero-order valence-corrected chi connectivity index (χ0v) is 15.7. The minimum atomic E-state index is -4.51. The molecule has 0 spiro atoms. The van der Waals surface area contributed by atoms with Crippen LogP contribution >= 0.6 is 0 Å². The number of amides is 1. The van der Waals surface area contributed by atoms with E-state index in [0.717, 1.165) is 18.2 Å². The lowest BCUT2D eigenvalue weighted by Crippen LogP contribution is -2.33. The Hall–Kier alpha value is -3.24. The molecule has 10 heteroatoms. The number of halogens is 3. The van der Waals surface area contributed by atoms with Crippen molar-refractivity contribution in [2.24, 2.45) is 0 Å². The highest BCUT2D eigenvalue weighted by Crippen LogP contribution is 2.32. The molecule has 0 bridgehead atoms. The number of aromatic amines is 1. The second-order valence-corrected chi connectivity index (χ2v) is 6.67. The summed E-state index contributed by atoms with van der Waals surface area (Å²) in [4.78, 5) is 18.1. The van der Waals surface area contributed by atoms with Crippen LogP contribution in [0.5, 0.6) is 0 Å². The molecule has 1 saturated heterocycles. The number of carbonyl (C=O) groups excluding carboxylic acids is 1. The van der Waals surface area contributed by atoms with Crippen LogP contribution < -0.4 is 10.2 Å². The van der Waals surface area contributed by atoms with E-state index in [2.05, 4.69) is 20.5 Å². The van der Waals surface area contributed by atoms with E-state index in [1.54, 1.807) is 12.1 Å². The fourth-order valence-electron chi connectivity index (χ4n) is 3.15.